The third-order valence-electron chi connectivity index (χ3n) is 1.61. The molecule has 2 N–H and O–H groups in total. The summed E-state index contributed by atoms with van der Waals surface area (Å²) in [4.78, 5) is 21.6. The second-order valence-corrected chi connectivity index (χ2v) is 2.55. The molecular formula is C8H7NO4. The van der Waals surface area contributed by atoms with E-state index >= 15 is 0 Å². The van der Waals surface area contributed by atoms with E-state index in [1.165, 1.54) is 13.0 Å². The molecule has 0 heterocycles. The SMILES string of the molecule is CC1=CC(C(=O)O)=C/C(=N/O)C1=O. The maximum atomic E-state index is 11.1. The Morgan fingerprint density at radius 1 is 1.46 bits per heavy atom. The molecule has 68 valence electrons. The van der Waals surface area contributed by atoms with Gasteiger partial charge in [0.2, 0.25) is 5.78 Å². The molecule has 0 atom stereocenters. The van der Waals surface area contributed by atoms with Crippen LogP contribution in [0, 0.1) is 0 Å². The van der Waals surface area contributed by atoms with Crippen molar-refractivity contribution in [3.8, 4) is 0 Å². The molecule has 0 aromatic heterocycles. The number of rotatable bonds is 1. The summed E-state index contributed by atoms with van der Waals surface area (Å²) in [6.45, 7) is 1.46. The number of Topliss-reactive ketones (excluding diaryl/α,β-unsaturated/α-hetero) is 1. The predicted octanol–water partition coefficient (Wildman–Crippen LogP) is 0.357. The first-order valence-electron chi connectivity index (χ1n) is 3.46. The number of hydrogen-bond donors (Lipinski definition) is 2. The largest absolute Gasteiger partial charge is 0.478 e. The lowest BCUT2D eigenvalue weighted by Gasteiger charge is -2.06. The minimum atomic E-state index is -1.16. The minimum absolute atomic E-state index is 0.0649. The lowest BCUT2D eigenvalue weighted by molar-refractivity contribution is -0.132. The van der Waals surface area contributed by atoms with Crippen LogP contribution in [0.4, 0.5) is 0 Å². The van der Waals surface area contributed by atoms with Gasteiger partial charge in [-0.15, -0.1) is 0 Å². The van der Waals surface area contributed by atoms with Crippen LogP contribution in [-0.4, -0.2) is 27.8 Å². The van der Waals surface area contributed by atoms with E-state index < -0.39 is 11.8 Å². The molecular weight excluding hydrogens is 174 g/mol. The smallest absolute Gasteiger partial charge is 0.335 e. The standard InChI is InChI=1S/C8H7NO4/c1-4-2-5(8(11)12)3-6(9-13)7(4)10/h2-3,13H,1H3,(H,11,12)/b9-6-. The highest BCUT2D eigenvalue weighted by Crippen LogP contribution is 2.12. The molecule has 0 aliphatic heterocycles. The lowest BCUT2D eigenvalue weighted by atomic mass is 9.98. The van der Waals surface area contributed by atoms with Crippen molar-refractivity contribution in [3.63, 3.8) is 0 Å². The maximum Gasteiger partial charge on any atom is 0.335 e. The highest BCUT2D eigenvalue weighted by atomic mass is 16.4. The maximum absolute atomic E-state index is 11.1. The van der Waals surface area contributed by atoms with Crippen LogP contribution < -0.4 is 0 Å². The van der Waals surface area contributed by atoms with Crippen molar-refractivity contribution in [1.29, 1.82) is 0 Å². The predicted molar refractivity (Wildman–Crippen MR) is 43.7 cm³/mol. The van der Waals surface area contributed by atoms with Crippen LogP contribution in [0.3, 0.4) is 0 Å². The number of oxime groups is 1. The molecule has 0 aromatic rings. The molecule has 0 aromatic carbocycles. The quantitative estimate of drug-likeness (QED) is 0.347. The van der Waals surface area contributed by atoms with Gasteiger partial charge in [0.25, 0.3) is 0 Å². The molecule has 13 heavy (non-hydrogen) atoms. The van der Waals surface area contributed by atoms with Gasteiger partial charge in [-0.2, -0.15) is 0 Å². The van der Waals surface area contributed by atoms with Gasteiger partial charge < -0.3 is 10.3 Å². The van der Waals surface area contributed by atoms with E-state index in [4.69, 9.17) is 10.3 Å². The lowest BCUT2D eigenvalue weighted by Crippen LogP contribution is -2.19. The Morgan fingerprint density at radius 3 is 2.54 bits per heavy atom. The zero-order valence-electron chi connectivity index (χ0n) is 6.81. The van der Waals surface area contributed by atoms with Crippen molar-refractivity contribution >= 4 is 17.5 Å². The van der Waals surface area contributed by atoms with E-state index in [2.05, 4.69) is 5.16 Å². The topological polar surface area (TPSA) is 87.0 Å². The molecule has 1 aliphatic carbocycles. The van der Waals surface area contributed by atoms with Crippen molar-refractivity contribution in [2.75, 3.05) is 0 Å². The average Bonchev–Trinajstić information content (AvgIpc) is 2.09. The molecule has 5 heteroatoms. The van der Waals surface area contributed by atoms with Crippen molar-refractivity contribution < 1.29 is 19.9 Å². The highest BCUT2D eigenvalue weighted by Gasteiger charge is 2.20. The van der Waals surface area contributed by atoms with E-state index in [9.17, 15) is 9.59 Å². The van der Waals surface area contributed by atoms with Crippen molar-refractivity contribution in [2.45, 2.75) is 6.92 Å². The van der Waals surface area contributed by atoms with Gasteiger partial charge in [0.05, 0.1) is 5.57 Å². The van der Waals surface area contributed by atoms with Gasteiger partial charge in [0, 0.05) is 0 Å². The number of nitrogens with zero attached hydrogens (tertiary/aromatic N) is 1. The number of carboxylic acid groups (broad SMARTS) is 1. The number of allylic oxidation sites excluding steroid dienone is 2. The van der Waals surface area contributed by atoms with Crippen LogP contribution in [-0.2, 0) is 9.59 Å². The Kier molecular flexibility index (Phi) is 2.27. The summed E-state index contributed by atoms with van der Waals surface area (Å²) in [7, 11) is 0. The monoisotopic (exact) mass is 181 g/mol. The molecule has 0 spiro atoms. The van der Waals surface area contributed by atoms with Crippen molar-refractivity contribution in [1.82, 2.24) is 0 Å². The molecule has 0 saturated heterocycles. The fourth-order valence-electron chi connectivity index (χ4n) is 0.953. The molecule has 0 fully saturated rings. The number of aliphatic carboxylic acids is 1. The van der Waals surface area contributed by atoms with E-state index in [0.29, 0.717) is 0 Å². The normalized spacial score (nSPS) is 19.8. The van der Waals surface area contributed by atoms with E-state index in [1.807, 2.05) is 0 Å². The Bertz CT molecular complexity index is 362. The highest BCUT2D eigenvalue weighted by molar-refractivity contribution is 6.51. The molecule has 0 radical (unpaired) electrons. The minimum Gasteiger partial charge on any atom is -0.478 e. The first kappa shape index (κ1) is 9.18. The molecule has 0 unspecified atom stereocenters. The van der Waals surface area contributed by atoms with Crippen LogP contribution >= 0.6 is 0 Å². The molecule has 0 bridgehead atoms. The van der Waals surface area contributed by atoms with Gasteiger partial charge >= 0.3 is 5.97 Å². The Hall–Kier alpha value is -1.91. The number of hydrogen-bond acceptors (Lipinski definition) is 4. The third-order valence-corrected chi connectivity index (χ3v) is 1.61. The molecule has 1 rings (SSSR count). The fraction of sp³-hybridized carbons (Fsp3) is 0.125. The third kappa shape index (κ3) is 1.64. The zero-order valence-corrected chi connectivity index (χ0v) is 6.81. The van der Waals surface area contributed by atoms with Crippen LogP contribution in [0.15, 0.2) is 28.5 Å². The van der Waals surface area contributed by atoms with Gasteiger partial charge in [-0.3, -0.25) is 4.79 Å². The first-order valence-corrected chi connectivity index (χ1v) is 3.46. The Labute approximate surface area is 73.7 Å². The second kappa shape index (κ2) is 3.22. The van der Waals surface area contributed by atoms with Crippen molar-refractivity contribution in [3.05, 3.63) is 23.3 Å². The molecule has 0 saturated carbocycles. The fourth-order valence-corrected chi connectivity index (χ4v) is 0.953. The summed E-state index contributed by atoms with van der Waals surface area (Å²) >= 11 is 0. The van der Waals surface area contributed by atoms with E-state index in [1.54, 1.807) is 0 Å². The van der Waals surface area contributed by atoms with Gasteiger partial charge in [-0.05, 0) is 24.6 Å². The van der Waals surface area contributed by atoms with Crippen LogP contribution in [0.5, 0.6) is 0 Å². The molecule has 1 aliphatic rings. The summed E-state index contributed by atoms with van der Waals surface area (Å²) < 4.78 is 0. The summed E-state index contributed by atoms with van der Waals surface area (Å²) in [6.07, 6.45) is 2.26. The Balaban J connectivity index is 3.18. The summed E-state index contributed by atoms with van der Waals surface area (Å²) in [5.74, 6) is -1.62. The van der Waals surface area contributed by atoms with E-state index in [-0.39, 0.29) is 16.9 Å². The summed E-state index contributed by atoms with van der Waals surface area (Å²) in [6, 6.07) is 0. The zero-order chi connectivity index (χ0) is 10.0. The average molecular weight is 181 g/mol. The summed E-state index contributed by atoms with van der Waals surface area (Å²) in [5, 5.41) is 19.7. The van der Waals surface area contributed by atoms with Crippen LogP contribution in [0.25, 0.3) is 0 Å². The van der Waals surface area contributed by atoms with Crippen molar-refractivity contribution in [2.24, 2.45) is 5.16 Å². The molecule has 0 amide bonds. The Morgan fingerprint density at radius 2 is 2.08 bits per heavy atom. The van der Waals surface area contributed by atoms with E-state index in [0.717, 1.165) is 6.08 Å². The van der Waals surface area contributed by atoms with Gasteiger partial charge in [0.1, 0.15) is 0 Å². The first-order chi connectivity index (χ1) is 6.06. The number of carboxylic acids is 1. The van der Waals surface area contributed by atoms with Gasteiger partial charge in [-0.1, -0.05) is 5.16 Å². The summed E-state index contributed by atoms with van der Waals surface area (Å²) in [5.41, 5.74) is -0.0741. The number of carbonyl (C=O) groups is 2. The van der Waals surface area contributed by atoms with Crippen LogP contribution in [0.2, 0.25) is 0 Å². The molecule has 5 nitrogen and oxygen atoms in total. The van der Waals surface area contributed by atoms with Gasteiger partial charge in [0.15, 0.2) is 5.71 Å². The number of carbonyl (C=O) groups excluding carboxylic acids is 1. The second-order valence-electron chi connectivity index (χ2n) is 2.55. The van der Waals surface area contributed by atoms with Gasteiger partial charge in [-0.25, -0.2) is 4.79 Å². The number of ketones is 1. The van der Waals surface area contributed by atoms with Crippen LogP contribution in [0.1, 0.15) is 6.92 Å².